The Morgan fingerprint density at radius 2 is 2.20 bits per heavy atom. The average Bonchev–Trinajstić information content (AvgIpc) is 2.26. The summed E-state index contributed by atoms with van der Waals surface area (Å²) in [7, 11) is 0. The number of rotatable bonds is 5. The van der Waals surface area contributed by atoms with Crippen molar-refractivity contribution in [3.8, 4) is 0 Å². The van der Waals surface area contributed by atoms with E-state index in [1.165, 1.54) is 0 Å². The van der Waals surface area contributed by atoms with Crippen LogP contribution >= 0.6 is 0 Å². The van der Waals surface area contributed by atoms with E-state index in [9.17, 15) is 15.2 Å². The molecule has 0 bridgehead atoms. The van der Waals surface area contributed by atoms with E-state index in [1.54, 1.807) is 0 Å². The minimum Gasteiger partial charge on any atom is -0.391 e. The number of aliphatic hydroxyl groups excluding tert-OH is 1. The van der Waals surface area contributed by atoms with Gasteiger partial charge in [0.1, 0.15) is 12.4 Å². The second-order valence-electron chi connectivity index (χ2n) is 2.96. The first kappa shape index (κ1) is 11.3. The highest BCUT2D eigenvalue weighted by Crippen LogP contribution is 2.07. The van der Waals surface area contributed by atoms with Gasteiger partial charge in [-0.15, -0.1) is 0 Å². The number of hydrogen-bond acceptors (Lipinski definition) is 6. The third-order valence-corrected chi connectivity index (χ3v) is 1.82. The molecule has 0 fully saturated rings. The molecule has 0 spiro atoms. The Morgan fingerprint density at radius 3 is 2.67 bits per heavy atom. The predicted molar refractivity (Wildman–Crippen MR) is 53.5 cm³/mol. The van der Waals surface area contributed by atoms with Crippen LogP contribution in [-0.2, 0) is 0 Å². The van der Waals surface area contributed by atoms with Crippen molar-refractivity contribution < 1.29 is 10.0 Å². The van der Waals surface area contributed by atoms with E-state index in [1.807, 2.05) is 6.92 Å². The SMILES string of the molecule is CCC(O)CNc1ncc([N+](=O)[O-])cn1. The van der Waals surface area contributed by atoms with E-state index in [0.29, 0.717) is 13.0 Å². The fourth-order valence-corrected chi connectivity index (χ4v) is 0.860. The van der Waals surface area contributed by atoms with Crippen molar-refractivity contribution in [3.63, 3.8) is 0 Å². The normalized spacial score (nSPS) is 12.1. The van der Waals surface area contributed by atoms with Crippen molar-refractivity contribution in [2.75, 3.05) is 11.9 Å². The topological polar surface area (TPSA) is 101 Å². The maximum Gasteiger partial charge on any atom is 0.305 e. The maximum atomic E-state index is 10.3. The van der Waals surface area contributed by atoms with Crippen LogP contribution in [0.2, 0.25) is 0 Å². The third-order valence-electron chi connectivity index (χ3n) is 1.82. The van der Waals surface area contributed by atoms with Gasteiger partial charge in [0, 0.05) is 6.54 Å². The quantitative estimate of drug-likeness (QED) is 0.546. The van der Waals surface area contributed by atoms with Crippen LogP contribution in [0.15, 0.2) is 12.4 Å². The lowest BCUT2D eigenvalue weighted by Crippen LogP contribution is -2.19. The summed E-state index contributed by atoms with van der Waals surface area (Å²) in [6, 6.07) is 0. The van der Waals surface area contributed by atoms with Crippen LogP contribution in [0.1, 0.15) is 13.3 Å². The van der Waals surface area contributed by atoms with Crippen LogP contribution in [0.25, 0.3) is 0 Å². The molecular formula is C8H12N4O3. The summed E-state index contributed by atoms with van der Waals surface area (Å²) in [6.07, 6.45) is 2.39. The maximum absolute atomic E-state index is 10.3. The van der Waals surface area contributed by atoms with Gasteiger partial charge in [-0.1, -0.05) is 6.92 Å². The lowest BCUT2D eigenvalue weighted by molar-refractivity contribution is -0.385. The average molecular weight is 212 g/mol. The monoisotopic (exact) mass is 212 g/mol. The van der Waals surface area contributed by atoms with Crippen LogP contribution in [0.3, 0.4) is 0 Å². The molecule has 0 radical (unpaired) electrons. The molecule has 0 saturated heterocycles. The minimum absolute atomic E-state index is 0.156. The summed E-state index contributed by atoms with van der Waals surface area (Å²) in [5, 5.41) is 22.3. The lowest BCUT2D eigenvalue weighted by atomic mass is 10.3. The summed E-state index contributed by atoms with van der Waals surface area (Å²) in [4.78, 5) is 17.2. The van der Waals surface area contributed by atoms with E-state index in [0.717, 1.165) is 12.4 Å². The summed E-state index contributed by atoms with van der Waals surface area (Å²) in [5.74, 6) is 0.271. The zero-order valence-corrected chi connectivity index (χ0v) is 8.25. The number of aliphatic hydroxyl groups is 1. The summed E-state index contributed by atoms with van der Waals surface area (Å²) >= 11 is 0. The smallest absolute Gasteiger partial charge is 0.305 e. The molecule has 0 aliphatic heterocycles. The van der Waals surface area contributed by atoms with Gasteiger partial charge in [-0.3, -0.25) is 10.1 Å². The van der Waals surface area contributed by atoms with Crippen LogP contribution in [0.5, 0.6) is 0 Å². The second-order valence-corrected chi connectivity index (χ2v) is 2.96. The number of aromatic nitrogens is 2. The molecule has 1 aromatic rings. The van der Waals surface area contributed by atoms with Crippen LogP contribution in [0, 0.1) is 10.1 Å². The van der Waals surface area contributed by atoms with E-state index in [-0.39, 0.29) is 11.6 Å². The number of nitro groups is 1. The molecule has 7 nitrogen and oxygen atoms in total. The largest absolute Gasteiger partial charge is 0.391 e. The van der Waals surface area contributed by atoms with Crippen molar-refractivity contribution in [3.05, 3.63) is 22.5 Å². The van der Waals surface area contributed by atoms with Gasteiger partial charge in [-0.2, -0.15) is 0 Å². The highest BCUT2D eigenvalue weighted by molar-refractivity contribution is 5.30. The van der Waals surface area contributed by atoms with Gasteiger partial charge in [0.15, 0.2) is 0 Å². The number of hydrogen-bond donors (Lipinski definition) is 2. The number of nitrogens with zero attached hydrogens (tertiary/aromatic N) is 3. The number of anilines is 1. The first-order valence-electron chi connectivity index (χ1n) is 4.52. The Bertz CT molecular complexity index is 327. The molecule has 1 aromatic heterocycles. The molecule has 15 heavy (non-hydrogen) atoms. The second kappa shape index (κ2) is 5.20. The molecule has 1 unspecified atom stereocenters. The molecule has 0 amide bonds. The lowest BCUT2D eigenvalue weighted by Gasteiger charge is -2.08. The van der Waals surface area contributed by atoms with Crippen LogP contribution < -0.4 is 5.32 Å². The van der Waals surface area contributed by atoms with Crippen LogP contribution in [-0.4, -0.2) is 32.6 Å². The van der Waals surface area contributed by atoms with Crippen molar-refractivity contribution in [2.45, 2.75) is 19.4 Å². The molecule has 0 aliphatic rings. The van der Waals surface area contributed by atoms with Crippen molar-refractivity contribution in [2.24, 2.45) is 0 Å². The van der Waals surface area contributed by atoms with Crippen molar-refractivity contribution >= 4 is 11.6 Å². The summed E-state index contributed by atoms with van der Waals surface area (Å²) in [6.45, 7) is 2.18. The molecule has 0 aliphatic carbocycles. The first-order chi connectivity index (χ1) is 7.13. The first-order valence-corrected chi connectivity index (χ1v) is 4.52. The Balaban J connectivity index is 2.53. The fourth-order valence-electron chi connectivity index (χ4n) is 0.860. The molecule has 1 rings (SSSR count). The molecule has 0 saturated carbocycles. The van der Waals surface area contributed by atoms with E-state index < -0.39 is 11.0 Å². The van der Waals surface area contributed by atoms with Gasteiger partial charge in [0.25, 0.3) is 0 Å². The molecule has 1 heterocycles. The van der Waals surface area contributed by atoms with Crippen molar-refractivity contribution in [1.29, 1.82) is 0 Å². The highest BCUT2D eigenvalue weighted by atomic mass is 16.6. The fraction of sp³-hybridized carbons (Fsp3) is 0.500. The molecule has 7 heteroatoms. The van der Waals surface area contributed by atoms with Gasteiger partial charge in [0.05, 0.1) is 11.0 Å². The van der Waals surface area contributed by atoms with Gasteiger partial charge in [-0.05, 0) is 6.42 Å². The van der Waals surface area contributed by atoms with Crippen molar-refractivity contribution in [1.82, 2.24) is 9.97 Å². The Morgan fingerprint density at radius 1 is 1.60 bits per heavy atom. The van der Waals surface area contributed by atoms with E-state index >= 15 is 0 Å². The Hall–Kier alpha value is -1.76. The van der Waals surface area contributed by atoms with E-state index in [4.69, 9.17) is 0 Å². The molecule has 1 atom stereocenters. The zero-order valence-electron chi connectivity index (χ0n) is 8.25. The standard InChI is InChI=1S/C8H12N4O3/c1-2-7(13)5-11-8-9-3-6(4-10-8)12(14)15/h3-4,7,13H,2,5H2,1H3,(H,9,10,11). The predicted octanol–water partition coefficient (Wildman–Crippen LogP) is 0.568. The molecular weight excluding hydrogens is 200 g/mol. The molecule has 2 N–H and O–H groups in total. The van der Waals surface area contributed by atoms with Gasteiger partial charge >= 0.3 is 5.69 Å². The van der Waals surface area contributed by atoms with Crippen LogP contribution in [0.4, 0.5) is 11.6 Å². The summed E-state index contributed by atoms with van der Waals surface area (Å²) < 4.78 is 0. The number of nitrogens with one attached hydrogen (secondary N) is 1. The van der Waals surface area contributed by atoms with Gasteiger partial charge in [-0.25, -0.2) is 9.97 Å². The van der Waals surface area contributed by atoms with Gasteiger partial charge < -0.3 is 10.4 Å². The Labute approximate surface area is 86.3 Å². The molecule has 0 aromatic carbocycles. The summed E-state index contributed by atoms with van der Waals surface area (Å²) in [5.41, 5.74) is -0.156. The van der Waals surface area contributed by atoms with Gasteiger partial charge in [0.2, 0.25) is 5.95 Å². The van der Waals surface area contributed by atoms with E-state index in [2.05, 4.69) is 15.3 Å². The highest BCUT2D eigenvalue weighted by Gasteiger charge is 2.07. The zero-order chi connectivity index (χ0) is 11.3. The Kier molecular flexibility index (Phi) is 3.92. The molecule has 82 valence electrons. The third kappa shape index (κ3) is 3.47. The minimum atomic E-state index is -0.565.